The van der Waals surface area contributed by atoms with Crippen LogP contribution in [0.2, 0.25) is 0 Å². The molecule has 1 aromatic carbocycles. The molecule has 2 rings (SSSR count). The zero-order chi connectivity index (χ0) is 20.2. The lowest BCUT2D eigenvalue weighted by molar-refractivity contribution is 0.0240. The number of hydrogen-bond donors (Lipinski definition) is 0. The van der Waals surface area contributed by atoms with Crippen LogP contribution in [0, 0.1) is 6.92 Å². The van der Waals surface area contributed by atoms with Crippen LogP contribution in [0.1, 0.15) is 36.7 Å². The molecule has 146 valence electrons. The van der Waals surface area contributed by atoms with Crippen molar-refractivity contribution < 1.29 is 19.1 Å². The van der Waals surface area contributed by atoms with Crippen molar-refractivity contribution in [3.63, 3.8) is 0 Å². The molecule has 9 nitrogen and oxygen atoms in total. The van der Waals surface area contributed by atoms with Gasteiger partial charge in [0.1, 0.15) is 5.60 Å². The van der Waals surface area contributed by atoms with Gasteiger partial charge >= 0.3 is 12.1 Å². The Hall–Kier alpha value is -2.93. The molecule has 9 heteroatoms. The minimum absolute atomic E-state index is 0.336. The Morgan fingerprint density at radius 3 is 2.33 bits per heavy atom. The van der Waals surface area contributed by atoms with Crippen LogP contribution in [0.4, 0.5) is 16.2 Å². The molecule has 0 aliphatic carbocycles. The van der Waals surface area contributed by atoms with Gasteiger partial charge in [-0.2, -0.15) is 0 Å². The third-order valence-electron chi connectivity index (χ3n) is 4.20. The largest absolute Gasteiger partial charge is 0.465 e. The summed E-state index contributed by atoms with van der Waals surface area (Å²) < 4.78 is 10.2. The van der Waals surface area contributed by atoms with Crippen molar-refractivity contribution in [2.75, 3.05) is 38.2 Å². The molecule has 1 aliphatic rings. The number of esters is 1. The Kier molecular flexibility index (Phi) is 6.17. The topological polar surface area (TPSA) is 108 Å². The van der Waals surface area contributed by atoms with Gasteiger partial charge in [0.2, 0.25) is 0 Å². The normalized spacial score (nSPS) is 14.4. The van der Waals surface area contributed by atoms with Crippen molar-refractivity contribution in [2.24, 2.45) is 5.11 Å². The van der Waals surface area contributed by atoms with Crippen molar-refractivity contribution in [1.29, 1.82) is 0 Å². The molecule has 1 heterocycles. The van der Waals surface area contributed by atoms with Crippen LogP contribution in [0.5, 0.6) is 0 Å². The van der Waals surface area contributed by atoms with Crippen LogP contribution in [-0.4, -0.2) is 55.9 Å². The second-order valence-corrected chi connectivity index (χ2v) is 7.27. The Morgan fingerprint density at radius 2 is 1.81 bits per heavy atom. The number of azide groups is 1. The average molecular weight is 375 g/mol. The summed E-state index contributed by atoms with van der Waals surface area (Å²) in [5, 5.41) is 3.63. The molecular formula is C18H25N5O4. The highest BCUT2D eigenvalue weighted by Crippen LogP contribution is 2.31. The number of carbonyl (C=O) groups is 2. The van der Waals surface area contributed by atoms with Gasteiger partial charge in [-0.1, -0.05) is 5.11 Å². The third-order valence-corrected chi connectivity index (χ3v) is 4.20. The third kappa shape index (κ3) is 5.04. The van der Waals surface area contributed by atoms with E-state index in [1.807, 2.05) is 27.7 Å². The molecule has 0 radical (unpaired) electrons. The van der Waals surface area contributed by atoms with Gasteiger partial charge < -0.3 is 19.3 Å². The zero-order valence-electron chi connectivity index (χ0n) is 16.4. The maximum Gasteiger partial charge on any atom is 0.410 e. The van der Waals surface area contributed by atoms with Gasteiger partial charge in [0.05, 0.1) is 12.7 Å². The summed E-state index contributed by atoms with van der Waals surface area (Å²) in [6, 6.07) is 3.26. The number of amides is 1. The second-order valence-electron chi connectivity index (χ2n) is 7.27. The molecule has 1 fully saturated rings. The second kappa shape index (κ2) is 8.18. The molecule has 0 bridgehead atoms. The summed E-state index contributed by atoms with van der Waals surface area (Å²) in [7, 11) is 1.31. The highest BCUT2D eigenvalue weighted by molar-refractivity contribution is 5.94. The Labute approximate surface area is 158 Å². The van der Waals surface area contributed by atoms with Crippen LogP contribution < -0.4 is 4.90 Å². The van der Waals surface area contributed by atoms with Gasteiger partial charge in [-0.25, -0.2) is 9.59 Å². The molecule has 0 atom stereocenters. The Morgan fingerprint density at radius 1 is 1.19 bits per heavy atom. The van der Waals surface area contributed by atoms with E-state index in [4.69, 9.17) is 15.0 Å². The van der Waals surface area contributed by atoms with Gasteiger partial charge in [0, 0.05) is 42.5 Å². The first-order valence-electron chi connectivity index (χ1n) is 8.67. The van der Waals surface area contributed by atoms with E-state index in [0.717, 1.165) is 11.3 Å². The molecule has 0 saturated carbocycles. The van der Waals surface area contributed by atoms with E-state index in [9.17, 15) is 9.59 Å². The first kappa shape index (κ1) is 20.4. The molecule has 0 N–H and O–H groups in total. The van der Waals surface area contributed by atoms with E-state index in [0.29, 0.717) is 37.4 Å². The van der Waals surface area contributed by atoms with E-state index in [-0.39, 0.29) is 6.09 Å². The molecule has 1 amide bonds. The van der Waals surface area contributed by atoms with E-state index in [1.54, 1.807) is 11.0 Å². The van der Waals surface area contributed by atoms with Crippen LogP contribution >= 0.6 is 0 Å². The molecule has 0 unspecified atom stereocenters. The Bertz CT molecular complexity index is 773. The fraction of sp³-hybridized carbons (Fsp3) is 0.556. The number of nitrogens with zero attached hydrogens (tertiary/aromatic N) is 5. The molecule has 0 spiro atoms. The molecular weight excluding hydrogens is 350 g/mol. The fourth-order valence-electron chi connectivity index (χ4n) is 2.90. The average Bonchev–Trinajstić information content (AvgIpc) is 2.61. The summed E-state index contributed by atoms with van der Waals surface area (Å²) in [6.07, 6.45) is -0.336. The maximum atomic E-state index is 12.2. The predicted octanol–water partition coefficient (Wildman–Crippen LogP) is 3.78. The lowest BCUT2D eigenvalue weighted by Crippen LogP contribution is -2.50. The van der Waals surface area contributed by atoms with Crippen molar-refractivity contribution >= 4 is 23.4 Å². The van der Waals surface area contributed by atoms with Gasteiger partial charge in [-0.15, -0.1) is 0 Å². The van der Waals surface area contributed by atoms with Gasteiger partial charge in [0.25, 0.3) is 0 Å². The first-order valence-corrected chi connectivity index (χ1v) is 8.67. The highest BCUT2D eigenvalue weighted by atomic mass is 16.6. The monoisotopic (exact) mass is 375 g/mol. The van der Waals surface area contributed by atoms with Crippen molar-refractivity contribution in [2.45, 2.75) is 33.3 Å². The number of benzene rings is 1. The summed E-state index contributed by atoms with van der Waals surface area (Å²) in [4.78, 5) is 30.8. The van der Waals surface area contributed by atoms with Gasteiger partial charge in [-0.3, -0.25) is 0 Å². The lowest BCUT2D eigenvalue weighted by Gasteiger charge is -2.37. The lowest BCUT2D eigenvalue weighted by atomic mass is 10.0. The predicted molar refractivity (Wildman–Crippen MR) is 101 cm³/mol. The van der Waals surface area contributed by atoms with Gasteiger partial charge in [0.15, 0.2) is 0 Å². The first-order chi connectivity index (χ1) is 12.7. The molecule has 1 aromatic rings. The molecule has 1 aliphatic heterocycles. The number of carbonyl (C=O) groups excluding carboxylic acids is 2. The molecule has 1 saturated heterocycles. The van der Waals surface area contributed by atoms with E-state index in [1.165, 1.54) is 13.2 Å². The minimum Gasteiger partial charge on any atom is -0.465 e. The molecule has 27 heavy (non-hydrogen) atoms. The number of ether oxygens (including phenoxy) is 2. The number of hydrogen-bond acceptors (Lipinski definition) is 6. The summed E-state index contributed by atoms with van der Waals surface area (Å²) in [5.74, 6) is -0.490. The van der Waals surface area contributed by atoms with E-state index < -0.39 is 11.6 Å². The van der Waals surface area contributed by atoms with Crippen molar-refractivity contribution in [3.8, 4) is 0 Å². The highest BCUT2D eigenvalue weighted by Gasteiger charge is 2.27. The standard InChI is InChI=1S/C18H25N5O4/c1-12-14(16(24)26-5)10-13(20-21-19)11-15(12)22-6-8-23(9-7-22)17(25)27-18(2,3)4/h10-11H,6-9H2,1-5H3. The summed E-state index contributed by atoms with van der Waals surface area (Å²) >= 11 is 0. The number of methoxy groups -OCH3 is 1. The van der Waals surface area contributed by atoms with Crippen LogP contribution in [-0.2, 0) is 9.47 Å². The number of piperazine rings is 1. The van der Waals surface area contributed by atoms with Crippen LogP contribution in [0.15, 0.2) is 17.2 Å². The van der Waals surface area contributed by atoms with Gasteiger partial charge in [-0.05, 0) is 50.9 Å². The van der Waals surface area contributed by atoms with Crippen molar-refractivity contribution in [3.05, 3.63) is 33.7 Å². The minimum atomic E-state index is -0.538. The summed E-state index contributed by atoms with van der Waals surface area (Å²) in [6.45, 7) is 9.45. The zero-order valence-corrected chi connectivity index (χ0v) is 16.4. The smallest absolute Gasteiger partial charge is 0.410 e. The SMILES string of the molecule is COC(=O)c1cc(N=[N+]=[N-])cc(N2CCN(C(=O)OC(C)(C)C)CC2)c1C. The maximum absolute atomic E-state index is 12.2. The molecule has 0 aromatic heterocycles. The summed E-state index contributed by atoms with van der Waals surface area (Å²) in [5.41, 5.74) is 10.4. The van der Waals surface area contributed by atoms with Crippen LogP contribution in [0.25, 0.3) is 10.4 Å². The van der Waals surface area contributed by atoms with E-state index >= 15 is 0 Å². The fourth-order valence-corrected chi connectivity index (χ4v) is 2.90. The van der Waals surface area contributed by atoms with E-state index in [2.05, 4.69) is 14.9 Å². The quantitative estimate of drug-likeness (QED) is 0.346. The Balaban J connectivity index is 2.22. The number of anilines is 1. The number of rotatable bonds is 3. The van der Waals surface area contributed by atoms with Crippen LogP contribution in [0.3, 0.4) is 0 Å². The van der Waals surface area contributed by atoms with Crippen molar-refractivity contribution in [1.82, 2.24) is 4.90 Å².